The van der Waals surface area contributed by atoms with Crippen molar-refractivity contribution in [2.45, 2.75) is 31.3 Å². The number of methoxy groups -OCH3 is 1. The van der Waals surface area contributed by atoms with Crippen molar-refractivity contribution in [1.29, 1.82) is 0 Å². The molecule has 104 valence electrons. The van der Waals surface area contributed by atoms with E-state index in [4.69, 9.17) is 4.74 Å². The van der Waals surface area contributed by atoms with Crippen molar-refractivity contribution in [3.8, 4) is 5.88 Å². The molecule has 8 nitrogen and oxygen atoms in total. The molecule has 0 spiro atoms. The predicted octanol–water partition coefficient (Wildman–Crippen LogP) is 1.11. The first kappa shape index (κ1) is 13.5. The highest BCUT2D eigenvalue weighted by Crippen LogP contribution is 2.33. The van der Waals surface area contributed by atoms with Crippen LogP contribution >= 0.6 is 0 Å². The maximum absolute atomic E-state index is 11.0. The summed E-state index contributed by atoms with van der Waals surface area (Å²) in [6.07, 6.45) is 4.50. The number of nitro groups is 1. The minimum atomic E-state index is -0.813. The van der Waals surface area contributed by atoms with E-state index in [9.17, 15) is 15.2 Å². The smallest absolute Gasteiger partial charge is 0.372 e. The third kappa shape index (κ3) is 2.90. The van der Waals surface area contributed by atoms with Crippen molar-refractivity contribution in [2.75, 3.05) is 19.0 Å². The molecule has 2 N–H and O–H groups in total. The molecule has 1 aromatic heterocycles. The number of anilines is 1. The van der Waals surface area contributed by atoms with E-state index in [1.165, 1.54) is 13.4 Å². The Hall–Kier alpha value is -1.96. The first-order valence-corrected chi connectivity index (χ1v) is 6.05. The van der Waals surface area contributed by atoms with E-state index >= 15 is 0 Å². The van der Waals surface area contributed by atoms with Crippen molar-refractivity contribution in [2.24, 2.45) is 0 Å². The van der Waals surface area contributed by atoms with Crippen molar-refractivity contribution >= 4 is 11.5 Å². The maximum atomic E-state index is 11.0. The van der Waals surface area contributed by atoms with Gasteiger partial charge in [0, 0.05) is 6.54 Å². The first-order chi connectivity index (χ1) is 9.06. The molecule has 1 aromatic rings. The van der Waals surface area contributed by atoms with Crippen LogP contribution in [0.5, 0.6) is 5.88 Å². The average Bonchev–Trinajstić information content (AvgIpc) is 2.83. The molecule has 2 rings (SSSR count). The van der Waals surface area contributed by atoms with Crippen LogP contribution in [0.1, 0.15) is 25.7 Å². The molecule has 1 aliphatic rings. The monoisotopic (exact) mass is 268 g/mol. The van der Waals surface area contributed by atoms with Crippen LogP contribution in [-0.4, -0.2) is 39.3 Å². The predicted molar refractivity (Wildman–Crippen MR) is 67.1 cm³/mol. The van der Waals surface area contributed by atoms with Gasteiger partial charge in [0.2, 0.25) is 5.82 Å². The van der Waals surface area contributed by atoms with Gasteiger partial charge < -0.3 is 15.2 Å². The Morgan fingerprint density at radius 2 is 2.21 bits per heavy atom. The van der Waals surface area contributed by atoms with E-state index in [2.05, 4.69) is 15.3 Å². The van der Waals surface area contributed by atoms with Crippen LogP contribution in [0, 0.1) is 10.1 Å². The number of nitrogens with one attached hydrogen (secondary N) is 1. The van der Waals surface area contributed by atoms with Crippen molar-refractivity contribution in [3.63, 3.8) is 0 Å². The summed E-state index contributed by atoms with van der Waals surface area (Å²) in [4.78, 5) is 18.0. The summed E-state index contributed by atoms with van der Waals surface area (Å²) in [5, 5.41) is 24.1. The molecule has 1 fully saturated rings. The molecule has 1 aliphatic carbocycles. The van der Waals surface area contributed by atoms with Gasteiger partial charge in [-0.15, -0.1) is 0 Å². The summed E-state index contributed by atoms with van der Waals surface area (Å²) >= 11 is 0. The number of hydrogen-bond donors (Lipinski definition) is 2. The van der Waals surface area contributed by atoms with Gasteiger partial charge in [0.1, 0.15) is 6.33 Å². The third-order valence-corrected chi connectivity index (χ3v) is 3.28. The fourth-order valence-electron chi connectivity index (χ4n) is 2.26. The van der Waals surface area contributed by atoms with Gasteiger partial charge in [-0.2, -0.15) is 4.98 Å². The average molecular weight is 268 g/mol. The molecule has 0 amide bonds. The standard InChI is InChI=1S/C11H16N4O4/c1-19-10-8(15(17)18)9(13-7-14-10)12-6-11(16)4-2-3-5-11/h7,16H,2-6H2,1H3,(H,12,13,14). The highest BCUT2D eigenvalue weighted by atomic mass is 16.6. The van der Waals surface area contributed by atoms with E-state index in [1.54, 1.807) is 0 Å². The second-order valence-electron chi connectivity index (χ2n) is 4.62. The molecule has 0 radical (unpaired) electrons. The lowest BCUT2D eigenvalue weighted by molar-refractivity contribution is -0.385. The topological polar surface area (TPSA) is 110 Å². The number of nitrogens with zero attached hydrogens (tertiary/aromatic N) is 3. The zero-order valence-electron chi connectivity index (χ0n) is 10.6. The largest absolute Gasteiger partial charge is 0.476 e. The van der Waals surface area contributed by atoms with E-state index < -0.39 is 10.5 Å². The number of hydrogen-bond acceptors (Lipinski definition) is 7. The molecule has 0 saturated heterocycles. The molecule has 0 atom stereocenters. The van der Waals surface area contributed by atoms with Gasteiger partial charge in [0.25, 0.3) is 5.88 Å². The highest BCUT2D eigenvalue weighted by molar-refractivity contribution is 5.61. The third-order valence-electron chi connectivity index (χ3n) is 3.28. The second kappa shape index (κ2) is 5.35. The van der Waals surface area contributed by atoms with Crippen LogP contribution in [0.4, 0.5) is 11.5 Å². The number of aliphatic hydroxyl groups is 1. The summed E-state index contributed by atoms with van der Waals surface area (Å²) in [5.41, 5.74) is -1.13. The highest BCUT2D eigenvalue weighted by Gasteiger charge is 2.32. The van der Waals surface area contributed by atoms with Gasteiger partial charge in [0.05, 0.1) is 17.6 Å². The Bertz CT molecular complexity index is 474. The Morgan fingerprint density at radius 3 is 2.79 bits per heavy atom. The Kier molecular flexibility index (Phi) is 3.79. The van der Waals surface area contributed by atoms with Crippen LogP contribution in [-0.2, 0) is 0 Å². The second-order valence-corrected chi connectivity index (χ2v) is 4.62. The number of aromatic nitrogens is 2. The van der Waals surface area contributed by atoms with Gasteiger partial charge in [-0.1, -0.05) is 12.8 Å². The molecular formula is C11H16N4O4. The first-order valence-electron chi connectivity index (χ1n) is 6.05. The van der Waals surface area contributed by atoms with Gasteiger partial charge in [-0.3, -0.25) is 10.1 Å². The van der Waals surface area contributed by atoms with Crippen LogP contribution in [0.3, 0.4) is 0 Å². The summed E-state index contributed by atoms with van der Waals surface area (Å²) in [7, 11) is 1.31. The van der Waals surface area contributed by atoms with Crippen molar-refractivity contribution < 1.29 is 14.8 Å². The zero-order chi connectivity index (χ0) is 13.9. The lowest BCUT2D eigenvalue weighted by Gasteiger charge is -2.22. The summed E-state index contributed by atoms with van der Waals surface area (Å²) in [5.74, 6) is -0.0295. The molecule has 1 saturated carbocycles. The zero-order valence-corrected chi connectivity index (χ0v) is 10.6. The van der Waals surface area contributed by atoms with Crippen LogP contribution in [0.25, 0.3) is 0 Å². The summed E-state index contributed by atoms with van der Waals surface area (Å²) in [6.45, 7) is 0.230. The van der Waals surface area contributed by atoms with E-state index in [1.807, 2.05) is 0 Å². The molecule has 1 heterocycles. The van der Waals surface area contributed by atoms with Gasteiger partial charge in [-0.05, 0) is 12.8 Å². The van der Waals surface area contributed by atoms with Crippen LogP contribution in [0.15, 0.2) is 6.33 Å². The molecule has 0 unspecified atom stereocenters. The molecular weight excluding hydrogens is 252 g/mol. The fraction of sp³-hybridized carbons (Fsp3) is 0.636. The summed E-state index contributed by atoms with van der Waals surface area (Å²) in [6, 6.07) is 0. The van der Waals surface area contributed by atoms with Gasteiger partial charge >= 0.3 is 5.69 Å². The molecule has 0 aromatic carbocycles. The van der Waals surface area contributed by atoms with E-state index in [-0.39, 0.29) is 23.9 Å². The molecule has 19 heavy (non-hydrogen) atoms. The normalized spacial score (nSPS) is 17.2. The molecule has 8 heteroatoms. The lowest BCUT2D eigenvalue weighted by atomic mass is 10.0. The lowest BCUT2D eigenvalue weighted by Crippen LogP contribution is -2.33. The molecule has 0 bridgehead atoms. The Labute approximate surface area is 110 Å². The fourth-order valence-corrected chi connectivity index (χ4v) is 2.26. The Morgan fingerprint density at radius 1 is 1.53 bits per heavy atom. The minimum absolute atomic E-state index is 0.0668. The maximum Gasteiger partial charge on any atom is 0.372 e. The number of rotatable bonds is 5. The van der Waals surface area contributed by atoms with Crippen LogP contribution < -0.4 is 10.1 Å². The van der Waals surface area contributed by atoms with Crippen molar-refractivity contribution in [3.05, 3.63) is 16.4 Å². The summed E-state index contributed by atoms with van der Waals surface area (Å²) < 4.78 is 4.85. The van der Waals surface area contributed by atoms with Gasteiger partial charge in [-0.25, -0.2) is 4.98 Å². The number of ether oxygens (including phenoxy) is 1. The van der Waals surface area contributed by atoms with Gasteiger partial charge in [0.15, 0.2) is 0 Å². The SMILES string of the molecule is COc1ncnc(NCC2(O)CCCC2)c1[N+](=O)[O-]. The minimum Gasteiger partial charge on any atom is -0.476 e. The van der Waals surface area contributed by atoms with Crippen molar-refractivity contribution in [1.82, 2.24) is 9.97 Å². The van der Waals surface area contributed by atoms with E-state index in [0.29, 0.717) is 12.8 Å². The molecule has 0 aliphatic heterocycles. The van der Waals surface area contributed by atoms with E-state index in [0.717, 1.165) is 12.8 Å². The van der Waals surface area contributed by atoms with Crippen LogP contribution in [0.2, 0.25) is 0 Å². The Balaban J connectivity index is 2.17. The quantitative estimate of drug-likeness (QED) is 0.607.